The number of hydrogen-bond donors (Lipinski definition) is 1. The van der Waals surface area contributed by atoms with E-state index >= 15 is 0 Å². The van der Waals surface area contributed by atoms with Crippen LogP contribution in [0.2, 0.25) is 0 Å². The number of phenols is 1. The van der Waals surface area contributed by atoms with Crippen molar-refractivity contribution in [1.82, 2.24) is 9.80 Å². The van der Waals surface area contributed by atoms with Gasteiger partial charge in [-0.1, -0.05) is 48.0 Å². The van der Waals surface area contributed by atoms with Crippen molar-refractivity contribution in [3.8, 4) is 11.5 Å². The van der Waals surface area contributed by atoms with Gasteiger partial charge in [-0.3, -0.25) is 29.0 Å². The summed E-state index contributed by atoms with van der Waals surface area (Å²) >= 11 is 14.4. The van der Waals surface area contributed by atoms with Crippen molar-refractivity contribution in [1.29, 1.82) is 0 Å². The summed E-state index contributed by atoms with van der Waals surface area (Å²) in [5.41, 5.74) is 2.04. The Morgan fingerprint density at radius 2 is 1.73 bits per heavy atom. The highest BCUT2D eigenvalue weighted by Crippen LogP contribution is 2.65. The number of likely N-dealkylation sites (tertiary alicyclic amines) is 2. The van der Waals surface area contributed by atoms with Crippen LogP contribution in [0.25, 0.3) is 0 Å². The van der Waals surface area contributed by atoms with Crippen LogP contribution in [0.3, 0.4) is 0 Å². The summed E-state index contributed by atoms with van der Waals surface area (Å²) in [5, 5.41) is 10.4. The van der Waals surface area contributed by atoms with Crippen molar-refractivity contribution in [2.45, 2.75) is 42.0 Å². The lowest BCUT2D eigenvalue weighted by Crippen LogP contribution is -2.60. The number of phenolic OH excluding ortho intramolecular Hbond substituents is 1. The average Bonchev–Trinajstić information content (AvgIpc) is 3.25. The Morgan fingerprint density at radius 1 is 1.00 bits per heavy atom. The molecule has 10 heteroatoms. The van der Waals surface area contributed by atoms with Crippen LogP contribution in [-0.4, -0.2) is 61.9 Å². The number of aromatic hydroxyl groups is 1. The first-order valence-electron chi connectivity index (χ1n) is 13.3. The van der Waals surface area contributed by atoms with E-state index in [-0.39, 0.29) is 42.9 Å². The van der Waals surface area contributed by atoms with Gasteiger partial charge in [-0.2, -0.15) is 0 Å². The number of ether oxygens (including phenoxy) is 1. The van der Waals surface area contributed by atoms with Gasteiger partial charge in [-0.25, -0.2) is 0 Å². The Hall–Kier alpha value is -3.36. The van der Waals surface area contributed by atoms with Gasteiger partial charge in [0.1, 0.15) is 0 Å². The predicted octanol–water partition coefficient (Wildman–Crippen LogP) is 3.98. The maximum absolute atomic E-state index is 13.9. The van der Waals surface area contributed by atoms with E-state index in [2.05, 4.69) is 0 Å². The Balaban J connectivity index is 1.48. The predicted molar refractivity (Wildman–Crippen MR) is 147 cm³/mol. The number of amides is 4. The molecule has 6 rings (SSSR count). The number of nitrogens with zero attached hydrogens (tertiary/aromatic N) is 2. The zero-order valence-corrected chi connectivity index (χ0v) is 23.5. The molecule has 0 bridgehead atoms. The molecule has 4 aliphatic rings. The molecule has 0 unspecified atom stereocenters. The fraction of sp³-hybridized carbons (Fsp3) is 0.400. The van der Waals surface area contributed by atoms with Gasteiger partial charge in [0, 0.05) is 13.0 Å². The van der Waals surface area contributed by atoms with Crippen LogP contribution in [0.15, 0.2) is 60.2 Å². The average molecular weight is 583 g/mol. The summed E-state index contributed by atoms with van der Waals surface area (Å²) < 4.78 is 5.60. The maximum atomic E-state index is 13.9. The molecule has 2 aromatic carbocycles. The molecule has 2 heterocycles. The lowest BCUT2D eigenvalue weighted by atomic mass is 9.56. The summed E-state index contributed by atoms with van der Waals surface area (Å²) in [5.74, 6) is -4.58. The Bertz CT molecular complexity index is 1480. The van der Waals surface area contributed by atoms with E-state index in [1.165, 1.54) is 18.0 Å². The molecule has 2 aliphatic heterocycles. The van der Waals surface area contributed by atoms with Gasteiger partial charge in [-0.15, -0.1) is 23.2 Å². The summed E-state index contributed by atoms with van der Waals surface area (Å²) in [4.78, 5) is 53.1. The highest BCUT2D eigenvalue weighted by molar-refractivity contribution is 6.53. The molecule has 0 radical (unpaired) electrons. The van der Waals surface area contributed by atoms with Gasteiger partial charge >= 0.3 is 0 Å². The van der Waals surface area contributed by atoms with Crippen molar-refractivity contribution in [3.63, 3.8) is 0 Å². The molecular weight excluding hydrogens is 555 g/mol. The summed E-state index contributed by atoms with van der Waals surface area (Å²) in [6.07, 6.45) is 2.11. The van der Waals surface area contributed by atoms with Crippen LogP contribution in [0, 0.1) is 17.8 Å². The zero-order chi connectivity index (χ0) is 28.6. The minimum absolute atomic E-state index is 0.0644. The number of fused-ring (bicyclic) bond motifs is 4. The van der Waals surface area contributed by atoms with Crippen LogP contribution in [-0.2, 0) is 25.7 Å². The topological polar surface area (TPSA) is 104 Å². The molecule has 208 valence electrons. The molecule has 40 heavy (non-hydrogen) atoms. The summed E-state index contributed by atoms with van der Waals surface area (Å²) in [6, 6.07) is 14.0. The van der Waals surface area contributed by atoms with Crippen molar-refractivity contribution in [2.24, 2.45) is 17.8 Å². The lowest BCUT2D eigenvalue weighted by molar-refractivity contribution is -0.141. The highest BCUT2D eigenvalue weighted by Gasteiger charge is 2.75. The van der Waals surface area contributed by atoms with E-state index < -0.39 is 45.2 Å². The van der Waals surface area contributed by atoms with E-state index in [0.717, 1.165) is 10.5 Å². The number of carbonyl (C=O) groups excluding carboxylic acids is 4. The largest absolute Gasteiger partial charge is 0.504 e. The fourth-order valence-corrected chi connectivity index (χ4v) is 8.11. The van der Waals surface area contributed by atoms with Gasteiger partial charge in [0.25, 0.3) is 11.8 Å². The normalized spacial score (nSPS) is 33.0. The molecule has 3 fully saturated rings. The Labute approximate surface area is 241 Å². The first-order valence-corrected chi connectivity index (χ1v) is 14.0. The minimum atomic E-state index is -1.88. The fourth-order valence-electron chi connectivity index (χ4n) is 7.09. The Kier molecular flexibility index (Phi) is 6.27. The van der Waals surface area contributed by atoms with Crippen molar-refractivity contribution in [2.75, 3.05) is 13.7 Å². The Morgan fingerprint density at radius 3 is 2.42 bits per heavy atom. The third-order valence-electron chi connectivity index (χ3n) is 8.91. The standard InChI is InChI=1S/C30H28Cl2N2O6/c1-3-40-22-13-17(9-12-21(22)35)24-18-10-11-19-23(26(37)34(25(19)36)15-16-7-5-4-6-8-16)20(18)14-29(31)27(38)33(2)28(39)30(24,29)32/h4-10,12-13,19-20,23-24,35H,3,11,14-15H2,1-2H3/t19-,20+,23-,24-,29+,30-/m0/s1. The SMILES string of the molecule is CCOc1cc([C@H]2C3=CC[C@@H]4C(=O)N(Cc5ccccc5)C(=O)[C@@H]4[C@@H]3C[C@@]3(Cl)C(=O)N(C)C(=O)[C@@]23Cl)ccc1O. The van der Waals surface area contributed by atoms with Crippen LogP contribution in [0.4, 0.5) is 0 Å². The molecule has 6 atom stereocenters. The first kappa shape index (κ1) is 26.8. The van der Waals surface area contributed by atoms with Gasteiger partial charge < -0.3 is 9.84 Å². The van der Waals surface area contributed by atoms with Gasteiger partial charge in [0.15, 0.2) is 21.2 Å². The van der Waals surface area contributed by atoms with Crippen molar-refractivity contribution >= 4 is 46.8 Å². The number of carbonyl (C=O) groups is 4. The third kappa shape index (κ3) is 3.51. The van der Waals surface area contributed by atoms with E-state index in [4.69, 9.17) is 27.9 Å². The third-order valence-corrected chi connectivity index (χ3v) is 10.3. The van der Waals surface area contributed by atoms with E-state index in [1.54, 1.807) is 19.1 Å². The lowest BCUT2D eigenvalue weighted by Gasteiger charge is -2.50. The second-order valence-electron chi connectivity index (χ2n) is 10.9. The zero-order valence-electron chi connectivity index (χ0n) is 22.0. The smallest absolute Gasteiger partial charge is 0.253 e. The summed E-state index contributed by atoms with van der Waals surface area (Å²) in [6.45, 7) is 2.21. The summed E-state index contributed by atoms with van der Waals surface area (Å²) in [7, 11) is 1.35. The maximum Gasteiger partial charge on any atom is 0.253 e. The second-order valence-corrected chi connectivity index (χ2v) is 12.1. The number of halogens is 2. The van der Waals surface area contributed by atoms with E-state index in [1.807, 2.05) is 36.4 Å². The van der Waals surface area contributed by atoms with Gasteiger partial charge in [0.05, 0.1) is 25.0 Å². The number of hydrogen-bond acceptors (Lipinski definition) is 6. The second kappa shape index (κ2) is 9.35. The molecular formula is C30H28Cl2N2O6. The number of allylic oxidation sites excluding steroid dienone is 2. The molecule has 4 amide bonds. The molecule has 1 saturated carbocycles. The van der Waals surface area contributed by atoms with E-state index in [9.17, 15) is 24.3 Å². The molecule has 0 aromatic heterocycles. The number of alkyl halides is 2. The molecule has 2 aliphatic carbocycles. The van der Waals surface area contributed by atoms with Crippen LogP contribution >= 0.6 is 23.2 Å². The molecule has 1 N–H and O–H groups in total. The number of rotatable bonds is 5. The minimum Gasteiger partial charge on any atom is -0.504 e. The number of benzene rings is 2. The molecule has 0 spiro atoms. The van der Waals surface area contributed by atoms with Gasteiger partial charge in [-0.05, 0) is 48.9 Å². The first-order chi connectivity index (χ1) is 19.0. The monoisotopic (exact) mass is 582 g/mol. The van der Waals surface area contributed by atoms with Crippen LogP contribution in [0.5, 0.6) is 11.5 Å². The molecule has 8 nitrogen and oxygen atoms in total. The van der Waals surface area contributed by atoms with Gasteiger partial charge in [0.2, 0.25) is 11.8 Å². The van der Waals surface area contributed by atoms with Crippen LogP contribution in [0.1, 0.15) is 36.8 Å². The molecule has 2 saturated heterocycles. The number of imide groups is 2. The van der Waals surface area contributed by atoms with Crippen molar-refractivity contribution < 1.29 is 29.0 Å². The van der Waals surface area contributed by atoms with E-state index in [0.29, 0.717) is 17.6 Å². The van der Waals surface area contributed by atoms with Crippen LogP contribution < -0.4 is 4.74 Å². The molecule has 2 aromatic rings. The van der Waals surface area contributed by atoms with Crippen molar-refractivity contribution in [3.05, 3.63) is 71.3 Å². The quantitative estimate of drug-likeness (QED) is 0.325. The highest BCUT2D eigenvalue weighted by atomic mass is 35.5.